The molecule has 0 fully saturated rings. The van der Waals surface area contributed by atoms with Crippen molar-refractivity contribution in [1.82, 2.24) is 0 Å². The van der Waals surface area contributed by atoms with Crippen molar-refractivity contribution in [2.45, 2.75) is 27.7 Å². The first-order valence-electron chi connectivity index (χ1n) is 4.92. The maximum Gasteiger partial charge on any atom is 0.0965 e. The normalized spacial score (nSPS) is 11.9. The Labute approximate surface area is 91.0 Å². The zero-order chi connectivity index (χ0) is 11.6. The topological polar surface area (TPSA) is 49.8 Å². The maximum atomic E-state index is 8.82. The summed E-state index contributed by atoms with van der Waals surface area (Å²) in [6, 6.07) is 6.25. The fourth-order valence-corrected chi connectivity index (χ4v) is 1.85. The highest BCUT2D eigenvalue weighted by molar-refractivity contribution is 5.73. The Kier molecular flexibility index (Phi) is 3.16. The molecule has 15 heavy (non-hydrogen) atoms. The van der Waals surface area contributed by atoms with E-state index < -0.39 is 0 Å². The molecule has 1 rings (SSSR count). The first-order valence-corrected chi connectivity index (χ1v) is 4.92. The molecule has 0 bridgehead atoms. The van der Waals surface area contributed by atoms with Crippen LogP contribution in [0.2, 0.25) is 0 Å². The predicted octanol–water partition coefficient (Wildman–Crippen LogP) is 2.83. The van der Waals surface area contributed by atoms with E-state index in [9.17, 15) is 0 Å². The number of aryl methyl sites for hydroxylation is 3. The van der Waals surface area contributed by atoms with E-state index in [1.54, 1.807) is 6.92 Å². The molecule has 2 N–H and O–H groups in total. The molecular formula is C13H16N2. The molecule has 0 aliphatic rings. The van der Waals surface area contributed by atoms with Crippen LogP contribution in [0, 0.1) is 32.1 Å². The van der Waals surface area contributed by atoms with Crippen LogP contribution in [0.5, 0.6) is 0 Å². The van der Waals surface area contributed by atoms with Crippen molar-refractivity contribution >= 4 is 5.70 Å². The molecule has 1 aromatic carbocycles. The minimum absolute atomic E-state index is 0.574. The zero-order valence-corrected chi connectivity index (χ0v) is 9.68. The van der Waals surface area contributed by atoms with Gasteiger partial charge >= 0.3 is 0 Å². The molecule has 0 radical (unpaired) electrons. The Morgan fingerprint density at radius 1 is 1.20 bits per heavy atom. The van der Waals surface area contributed by atoms with E-state index in [1.807, 2.05) is 13.8 Å². The Hall–Kier alpha value is -1.75. The van der Waals surface area contributed by atoms with E-state index in [0.29, 0.717) is 11.3 Å². The summed E-state index contributed by atoms with van der Waals surface area (Å²) in [5.74, 6) is 0. The fourth-order valence-electron chi connectivity index (χ4n) is 1.85. The Bertz CT molecular complexity index is 439. The first kappa shape index (κ1) is 11.3. The smallest absolute Gasteiger partial charge is 0.0965 e. The van der Waals surface area contributed by atoms with Gasteiger partial charge in [0.2, 0.25) is 0 Å². The monoisotopic (exact) mass is 200 g/mol. The van der Waals surface area contributed by atoms with Gasteiger partial charge in [-0.05, 0) is 38.8 Å². The molecule has 0 saturated heterocycles. The summed E-state index contributed by atoms with van der Waals surface area (Å²) in [6.07, 6.45) is 0. The number of allylic oxidation sites excluding steroid dienone is 1. The summed E-state index contributed by atoms with van der Waals surface area (Å²) in [7, 11) is 0. The van der Waals surface area contributed by atoms with Gasteiger partial charge in [0, 0.05) is 11.1 Å². The molecule has 0 amide bonds. The highest BCUT2D eigenvalue weighted by Gasteiger charge is 2.08. The molecule has 0 aromatic heterocycles. The third kappa shape index (κ3) is 2.19. The van der Waals surface area contributed by atoms with Gasteiger partial charge in [-0.15, -0.1) is 0 Å². The molecule has 0 spiro atoms. The van der Waals surface area contributed by atoms with Gasteiger partial charge in [0.05, 0.1) is 11.8 Å². The lowest BCUT2D eigenvalue weighted by Crippen LogP contribution is -2.04. The van der Waals surface area contributed by atoms with Crippen molar-refractivity contribution < 1.29 is 0 Å². The fraction of sp³-hybridized carbons (Fsp3) is 0.308. The van der Waals surface area contributed by atoms with Gasteiger partial charge in [0.1, 0.15) is 0 Å². The third-order valence-electron chi connectivity index (χ3n) is 2.52. The van der Waals surface area contributed by atoms with Gasteiger partial charge in [0.25, 0.3) is 0 Å². The van der Waals surface area contributed by atoms with E-state index >= 15 is 0 Å². The summed E-state index contributed by atoms with van der Waals surface area (Å²) in [6.45, 7) is 7.84. The third-order valence-corrected chi connectivity index (χ3v) is 2.52. The van der Waals surface area contributed by atoms with Gasteiger partial charge in [-0.3, -0.25) is 0 Å². The zero-order valence-electron chi connectivity index (χ0n) is 9.68. The van der Waals surface area contributed by atoms with E-state index in [2.05, 4.69) is 25.1 Å². The standard InChI is InChI=1S/C13H16N2/c1-8-5-9(2)12(10(3)6-8)13(15)11(4)7-14/h5-6H,15H2,1-4H3. The number of rotatable bonds is 1. The van der Waals surface area contributed by atoms with Gasteiger partial charge < -0.3 is 5.73 Å². The second-order valence-electron chi connectivity index (χ2n) is 3.92. The Morgan fingerprint density at radius 3 is 2.07 bits per heavy atom. The summed E-state index contributed by atoms with van der Waals surface area (Å²) < 4.78 is 0. The van der Waals surface area contributed by atoms with Crippen LogP contribution >= 0.6 is 0 Å². The molecule has 0 heterocycles. The van der Waals surface area contributed by atoms with Crippen molar-refractivity contribution in [1.29, 1.82) is 5.26 Å². The summed E-state index contributed by atoms with van der Waals surface area (Å²) in [4.78, 5) is 0. The summed E-state index contributed by atoms with van der Waals surface area (Å²) in [5, 5.41) is 8.82. The molecule has 2 nitrogen and oxygen atoms in total. The molecule has 0 atom stereocenters. The molecule has 0 unspecified atom stereocenters. The van der Waals surface area contributed by atoms with Gasteiger partial charge in [-0.1, -0.05) is 17.7 Å². The predicted molar refractivity (Wildman–Crippen MR) is 63.0 cm³/mol. The largest absolute Gasteiger partial charge is 0.397 e. The van der Waals surface area contributed by atoms with Crippen molar-refractivity contribution in [3.63, 3.8) is 0 Å². The van der Waals surface area contributed by atoms with E-state index in [-0.39, 0.29) is 0 Å². The van der Waals surface area contributed by atoms with Crippen LogP contribution < -0.4 is 5.73 Å². The average Bonchev–Trinajstić information content (AvgIpc) is 2.14. The molecule has 0 aliphatic heterocycles. The SMILES string of the molecule is CC(C#N)=C(N)c1c(C)cc(C)cc1C. The van der Waals surface area contributed by atoms with E-state index in [4.69, 9.17) is 11.0 Å². The molecule has 0 aliphatic carbocycles. The molecule has 1 aromatic rings. The van der Waals surface area contributed by atoms with E-state index in [0.717, 1.165) is 16.7 Å². The van der Waals surface area contributed by atoms with Crippen LogP contribution in [0.3, 0.4) is 0 Å². The van der Waals surface area contributed by atoms with Crippen molar-refractivity contribution in [3.05, 3.63) is 40.0 Å². The number of nitriles is 1. The summed E-state index contributed by atoms with van der Waals surface area (Å²) in [5.41, 5.74) is 11.6. The van der Waals surface area contributed by atoms with Gasteiger partial charge in [0.15, 0.2) is 0 Å². The minimum Gasteiger partial charge on any atom is -0.397 e. The molecule has 2 heteroatoms. The minimum atomic E-state index is 0.574. The van der Waals surface area contributed by atoms with Crippen LogP contribution in [0.4, 0.5) is 0 Å². The van der Waals surface area contributed by atoms with Crippen LogP contribution in [-0.2, 0) is 0 Å². The lowest BCUT2D eigenvalue weighted by atomic mass is 9.96. The van der Waals surface area contributed by atoms with Gasteiger partial charge in [-0.25, -0.2) is 0 Å². The van der Waals surface area contributed by atoms with Crippen LogP contribution in [0.25, 0.3) is 5.70 Å². The lowest BCUT2D eigenvalue weighted by Gasteiger charge is -2.12. The van der Waals surface area contributed by atoms with Crippen LogP contribution in [0.1, 0.15) is 29.2 Å². The first-order chi connectivity index (χ1) is 6.97. The Balaban J connectivity index is 3.47. The second kappa shape index (κ2) is 4.18. The number of benzene rings is 1. The quantitative estimate of drug-likeness (QED) is 0.709. The Morgan fingerprint density at radius 2 is 1.67 bits per heavy atom. The maximum absolute atomic E-state index is 8.82. The number of hydrogen-bond donors (Lipinski definition) is 1. The average molecular weight is 200 g/mol. The van der Waals surface area contributed by atoms with Crippen LogP contribution in [0.15, 0.2) is 17.7 Å². The van der Waals surface area contributed by atoms with Crippen molar-refractivity contribution in [2.24, 2.45) is 5.73 Å². The number of nitrogens with zero attached hydrogens (tertiary/aromatic N) is 1. The number of hydrogen-bond acceptors (Lipinski definition) is 2. The molecular weight excluding hydrogens is 184 g/mol. The highest BCUT2D eigenvalue weighted by atomic mass is 14.6. The van der Waals surface area contributed by atoms with Crippen LogP contribution in [-0.4, -0.2) is 0 Å². The lowest BCUT2D eigenvalue weighted by molar-refractivity contribution is 1.26. The van der Waals surface area contributed by atoms with E-state index in [1.165, 1.54) is 5.56 Å². The highest BCUT2D eigenvalue weighted by Crippen LogP contribution is 2.23. The molecule has 78 valence electrons. The van der Waals surface area contributed by atoms with Crippen molar-refractivity contribution in [2.75, 3.05) is 0 Å². The second-order valence-corrected chi connectivity index (χ2v) is 3.92. The number of nitrogens with two attached hydrogens (primary N) is 1. The summed E-state index contributed by atoms with van der Waals surface area (Å²) >= 11 is 0. The van der Waals surface area contributed by atoms with Crippen molar-refractivity contribution in [3.8, 4) is 6.07 Å². The van der Waals surface area contributed by atoms with Gasteiger partial charge in [-0.2, -0.15) is 5.26 Å². The molecule has 0 saturated carbocycles.